The second kappa shape index (κ2) is 7.27. The third-order valence-electron chi connectivity index (χ3n) is 4.14. The van der Waals surface area contributed by atoms with Crippen LogP contribution in [0.4, 0.5) is 5.69 Å². The third-order valence-corrected chi connectivity index (χ3v) is 6.18. The van der Waals surface area contributed by atoms with Gasteiger partial charge < -0.3 is 5.32 Å². The number of sulfonamides is 1. The first-order valence-electron chi connectivity index (χ1n) is 7.95. The Morgan fingerprint density at radius 2 is 1.71 bits per heavy atom. The lowest BCUT2D eigenvalue weighted by atomic mass is 9.95. The van der Waals surface area contributed by atoms with Crippen LogP contribution in [-0.2, 0) is 10.0 Å². The van der Waals surface area contributed by atoms with Gasteiger partial charge in [0.05, 0.1) is 4.90 Å². The number of anilines is 1. The minimum Gasteiger partial charge on any atom is -0.385 e. The molecule has 0 unspecified atom stereocenters. The summed E-state index contributed by atoms with van der Waals surface area (Å²) in [4.78, 5) is 0.400. The minimum absolute atomic E-state index is 0.169. The summed E-state index contributed by atoms with van der Waals surface area (Å²) < 4.78 is 27.4. The van der Waals surface area contributed by atoms with E-state index in [1.807, 2.05) is 26.0 Å². The van der Waals surface area contributed by atoms with Crippen LogP contribution in [0.1, 0.15) is 46.0 Å². The molecule has 0 aromatic heterocycles. The lowest BCUT2D eigenvalue weighted by Gasteiger charge is -2.32. The number of nitrogens with zero attached hydrogens (tertiary/aromatic N) is 1. The molecule has 1 saturated carbocycles. The van der Waals surface area contributed by atoms with Gasteiger partial charge in [-0.05, 0) is 44.0 Å². The van der Waals surface area contributed by atoms with Crippen LogP contribution in [0.3, 0.4) is 0 Å². The maximum atomic E-state index is 12.8. The highest BCUT2D eigenvalue weighted by Gasteiger charge is 2.30. The Bertz CT molecular complexity index is 534. The van der Waals surface area contributed by atoms with Crippen molar-refractivity contribution >= 4 is 15.7 Å². The van der Waals surface area contributed by atoms with Gasteiger partial charge in [-0.1, -0.05) is 26.2 Å². The fourth-order valence-electron chi connectivity index (χ4n) is 3.08. The zero-order valence-corrected chi connectivity index (χ0v) is 13.8. The molecule has 1 N–H and O–H groups in total. The van der Waals surface area contributed by atoms with Crippen molar-refractivity contribution in [1.82, 2.24) is 4.31 Å². The molecular formula is C16H26N2O2S. The maximum absolute atomic E-state index is 12.8. The summed E-state index contributed by atoms with van der Waals surface area (Å²) >= 11 is 0. The van der Waals surface area contributed by atoms with Crippen molar-refractivity contribution in [3.8, 4) is 0 Å². The summed E-state index contributed by atoms with van der Waals surface area (Å²) in [5, 5.41) is 3.18. The maximum Gasteiger partial charge on any atom is 0.243 e. The van der Waals surface area contributed by atoms with Crippen molar-refractivity contribution in [3.05, 3.63) is 24.3 Å². The second-order valence-corrected chi connectivity index (χ2v) is 7.45. The average Bonchev–Trinajstić information content (AvgIpc) is 2.50. The van der Waals surface area contributed by atoms with Gasteiger partial charge >= 0.3 is 0 Å². The summed E-state index contributed by atoms with van der Waals surface area (Å²) in [7, 11) is -3.38. The highest BCUT2D eigenvalue weighted by molar-refractivity contribution is 7.89. The fraction of sp³-hybridized carbons (Fsp3) is 0.625. The number of hydrogen-bond acceptors (Lipinski definition) is 3. The molecule has 118 valence electrons. The van der Waals surface area contributed by atoms with E-state index in [-0.39, 0.29) is 6.04 Å². The molecule has 0 bridgehead atoms. The lowest BCUT2D eigenvalue weighted by molar-refractivity contribution is 0.261. The van der Waals surface area contributed by atoms with E-state index in [0.29, 0.717) is 11.4 Å². The van der Waals surface area contributed by atoms with Crippen LogP contribution in [0.15, 0.2) is 29.2 Å². The molecule has 0 amide bonds. The Morgan fingerprint density at radius 1 is 1.10 bits per heavy atom. The highest BCUT2D eigenvalue weighted by Crippen LogP contribution is 2.28. The van der Waals surface area contributed by atoms with Crippen molar-refractivity contribution in [1.29, 1.82) is 0 Å². The van der Waals surface area contributed by atoms with E-state index in [4.69, 9.17) is 0 Å². The van der Waals surface area contributed by atoms with Crippen LogP contribution < -0.4 is 5.32 Å². The summed E-state index contributed by atoms with van der Waals surface area (Å²) in [6.07, 6.45) is 5.47. The Hall–Kier alpha value is -1.07. The molecule has 21 heavy (non-hydrogen) atoms. The van der Waals surface area contributed by atoms with Gasteiger partial charge in [0, 0.05) is 24.8 Å². The second-order valence-electron chi connectivity index (χ2n) is 5.55. The van der Waals surface area contributed by atoms with Gasteiger partial charge in [0.25, 0.3) is 0 Å². The lowest BCUT2D eigenvalue weighted by Crippen LogP contribution is -2.41. The molecule has 1 fully saturated rings. The molecule has 0 saturated heterocycles. The SMILES string of the molecule is CCNc1ccc(S(=O)(=O)N(CC)C2CCCCC2)cc1. The van der Waals surface area contributed by atoms with Crippen LogP contribution in [0, 0.1) is 0 Å². The Balaban J connectivity index is 2.21. The van der Waals surface area contributed by atoms with Crippen LogP contribution in [0.5, 0.6) is 0 Å². The molecule has 2 rings (SSSR count). The molecule has 0 aliphatic heterocycles. The monoisotopic (exact) mass is 310 g/mol. The standard InChI is InChI=1S/C16H26N2O2S/c1-3-17-14-10-12-16(13-11-14)21(19,20)18(4-2)15-8-6-5-7-9-15/h10-13,15,17H,3-9H2,1-2H3. The smallest absolute Gasteiger partial charge is 0.243 e. The van der Waals surface area contributed by atoms with Crippen molar-refractivity contribution in [3.63, 3.8) is 0 Å². The molecule has 4 nitrogen and oxygen atoms in total. The van der Waals surface area contributed by atoms with Gasteiger partial charge in [-0.25, -0.2) is 8.42 Å². The van der Waals surface area contributed by atoms with Gasteiger partial charge in [-0.15, -0.1) is 0 Å². The molecule has 0 heterocycles. The van der Waals surface area contributed by atoms with Gasteiger partial charge in [0.15, 0.2) is 0 Å². The van der Waals surface area contributed by atoms with E-state index in [2.05, 4.69) is 5.32 Å². The summed E-state index contributed by atoms with van der Waals surface area (Å²) in [6.45, 7) is 5.32. The minimum atomic E-state index is -3.38. The molecule has 0 radical (unpaired) electrons. The van der Waals surface area contributed by atoms with Crippen LogP contribution in [0.2, 0.25) is 0 Å². The van der Waals surface area contributed by atoms with E-state index in [1.54, 1.807) is 16.4 Å². The van der Waals surface area contributed by atoms with Crippen molar-refractivity contribution in [2.75, 3.05) is 18.4 Å². The van der Waals surface area contributed by atoms with Gasteiger partial charge in [-0.2, -0.15) is 4.31 Å². The third kappa shape index (κ3) is 3.77. The Kier molecular flexibility index (Phi) is 5.65. The molecule has 1 aromatic rings. The summed E-state index contributed by atoms with van der Waals surface area (Å²) in [5.74, 6) is 0. The fourth-order valence-corrected chi connectivity index (χ4v) is 4.77. The molecule has 0 spiro atoms. The predicted molar refractivity (Wildman–Crippen MR) is 87.0 cm³/mol. The topological polar surface area (TPSA) is 49.4 Å². The van der Waals surface area contributed by atoms with E-state index in [9.17, 15) is 8.42 Å². The summed E-state index contributed by atoms with van der Waals surface area (Å²) in [5.41, 5.74) is 0.956. The molecule has 1 aromatic carbocycles. The number of hydrogen-bond donors (Lipinski definition) is 1. The zero-order valence-electron chi connectivity index (χ0n) is 13.0. The average molecular weight is 310 g/mol. The van der Waals surface area contributed by atoms with E-state index < -0.39 is 10.0 Å². The number of nitrogens with one attached hydrogen (secondary N) is 1. The van der Waals surface area contributed by atoms with Crippen LogP contribution in [-0.4, -0.2) is 31.9 Å². The van der Waals surface area contributed by atoms with Crippen LogP contribution in [0.25, 0.3) is 0 Å². The largest absolute Gasteiger partial charge is 0.385 e. The van der Waals surface area contributed by atoms with E-state index >= 15 is 0 Å². The first-order valence-corrected chi connectivity index (χ1v) is 9.39. The molecule has 5 heteroatoms. The predicted octanol–water partition coefficient (Wildman–Crippen LogP) is 3.46. The van der Waals surface area contributed by atoms with Crippen molar-refractivity contribution in [2.45, 2.75) is 56.9 Å². The molecule has 1 aliphatic carbocycles. The zero-order chi connectivity index (χ0) is 15.3. The van der Waals surface area contributed by atoms with Gasteiger partial charge in [0.2, 0.25) is 10.0 Å². The summed E-state index contributed by atoms with van der Waals surface area (Å²) in [6, 6.07) is 7.26. The van der Waals surface area contributed by atoms with Crippen molar-refractivity contribution in [2.24, 2.45) is 0 Å². The van der Waals surface area contributed by atoms with E-state index in [1.165, 1.54) is 6.42 Å². The first kappa shape index (κ1) is 16.3. The first-order chi connectivity index (χ1) is 10.1. The van der Waals surface area contributed by atoms with Crippen LogP contribution >= 0.6 is 0 Å². The molecule has 0 atom stereocenters. The van der Waals surface area contributed by atoms with Gasteiger partial charge in [-0.3, -0.25) is 0 Å². The Morgan fingerprint density at radius 3 is 2.24 bits per heavy atom. The van der Waals surface area contributed by atoms with E-state index in [0.717, 1.165) is 37.9 Å². The van der Waals surface area contributed by atoms with Crippen molar-refractivity contribution < 1.29 is 8.42 Å². The molecule has 1 aliphatic rings. The Labute approximate surface area is 128 Å². The number of rotatable bonds is 6. The quantitative estimate of drug-likeness (QED) is 0.875. The highest BCUT2D eigenvalue weighted by atomic mass is 32.2. The normalized spacial score (nSPS) is 17.1. The van der Waals surface area contributed by atoms with Gasteiger partial charge in [0.1, 0.15) is 0 Å². The molecular weight excluding hydrogens is 284 g/mol. The number of benzene rings is 1.